The summed E-state index contributed by atoms with van der Waals surface area (Å²) in [5.74, 6) is -2.25. The molecule has 0 unspecified atom stereocenters. The monoisotopic (exact) mass is 255 g/mol. The van der Waals surface area contributed by atoms with E-state index in [1.807, 2.05) is 11.6 Å². The lowest BCUT2D eigenvalue weighted by Gasteiger charge is -2.08. The Morgan fingerprint density at radius 1 is 1.17 bits per heavy atom. The van der Waals surface area contributed by atoms with Gasteiger partial charge in [-0.3, -0.25) is 0 Å². The molecular formula is C12H12F3N3. The van der Waals surface area contributed by atoms with E-state index in [1.165, 1.54) is 0 Å². The van der Waals surface area contributed by atoms with Gasteiger partial charge < -0.3 is 9.88 Å². The van der Waals surface area contributed by atoms with Crippen molar-refractivity contribution in [2.45, 2.75) is 6.42 Å². The molecule has 1 heterocycles. The van der Waals surface area contributed by atoms with Gasteiger partial charge in [0.25, 0.3) is 0 Å². The van der Waals surface area contributed by atoms with Gasteiger partial charge in [-0.15, -0.1) is 0 Å². The number of benzene rings is 1. The Labute approximate surface area is 102 Å². The van der Waals surface area contributed by atoms with Gasteiger partial charge in [0.2, 0.25) is 0 Å². The van der Waals surface area contributed by atoms with Gasteiger partial charge in [0.1, 0.15) is 11.6 Å². The van der Waals surface area contributed by atoms with Crippen LogP contribution in [0.1, 0.15) is 5.82 Å². The second-order valence-electron chi connectivity index (χ2n) is 3.88. The van der Waals surface area contributed by atoms with Gasteiger partial charge in [-0.2, -0.15) is 0 Å². The molecular weight excluding hydrogens is 243 g/mol. The number of anilines is 1. The molecule has 96 valence electrons. The molecule has 6 heteroatoms. The van der Waals surface area contributed by atoms with E-state index >= 15 is 0 Å². The zero-order valence-corrected chi connectivity index (χ0v) is 9.75. The third-order valence-corrected chi connectivity index (χ3v) is 2.59. The van der Waals surface area contributed by atoms with E-state index in [0.717, 1.165) is 11.9 Å². The molecule has 0 aliphatic carbocycles. The largest absolute Gasteiger partial charge is 0.382 e. The number of nitrogens with one attached hydrogen (secondary N) is 1. The molecule has 1 aromatic carbocycles. The Bertz CT molecular complexity index is 551. The third kappa shape index (κ3) is 2.64. The van der Waals surface area contributed by atoms with Gasteiger partial charge >= 0.3 is 0 Å². The average Bonchev–Trinajstić information content (AvgIpc) is 2.72. The summed E-state index contributed by atoms with van der Waals surface area (Å²) in [4.78, 5) is 4.10. The molecule has 0 saturated carbocycles. The van der Waals surface area contributed by atoms with Crippen LogP contribution in [0.4, 0.5) is 18.9 Å². The first-order valence-electron chi connectivity index (χ1n) is 5.42. The SMILES string of the molecule is Cn1ccnc1CCNc1cc(F)c(F)cc1F. The van der Waals surface area contributed by atoms with Crippen molar-refractivity contribution >= 4 is 5.69 Å². The fraction of sp³-hybridized carbons (Fsp3) is 0.250. The molecule has 0 atom stereocenters. The standard InChI is InChI=1S/C12H12F3N3/c1-18-5-4-17-12(18)2-3-16-11-7-9(14)8(13)6-10(11)15/h4-7,16H,2-3H2,1H3. The molecule has 0 saturated heterocycles. The average molecular weight is 255 g/mol. The highest BCUT2D eigenvalue weighted by Gasteiger charge is 2.09. The molecule has 2 aromatic rings. The number of imidazole rings is 1. The predicted octanol–water partition coefficient (Wildman–Crippen LogP) is 2.49. The van der Waals surface area contributed by atoms with Crippen molar-refractivity contribution in [3.8, 4) is 0 Å². The van der Waals surface area contributed by atoms with Crippen LogP contribution in [0.2, 0.25) is 0 Å². The smallest absolute Gasteiger partial charge is 0.161 e. The summed E-state index contributed by atoms with van der Waals surface area (Å²) in [5.41, 5.74) is -0.0527. The first kappa shape index (κ1) is 12.5. The molecule has 0 radical (unpaired) electrons. The first-order valence-corrected chi connectivity index (χ1v) is 5.42. The van der Waals surface area contributed by atoms with E-state index in [9.17, 15) is 13.2 Å². The maximum atomic E-state index is 13.3. The Hall–Kier alpha value is -1.98. The lowest BCUT2D eigenvalue weighted by molar-refractivity contribution is 0.496. The van der Waals surface area contributed by atoms with Crippen molar-refractivity contribution in [1.82, 2.24) is 9.55 Å². The normalized spacial score (nSPS) is 10.7. The predicted molar refractivity (Wildman–Crippen MR) is 61.7 cm³/mol. The number of aryl methyl sites for hydroxylation is 1. The summed E-state index contributed by atoms with van der Waals surface area (Å²) in [6.07, 6.45) is 4.02. The summed E-state index contributed by atoms with van der Waals surface area (Å²) < 4.78 is 40.7. The number of hydrogen-bond acceptors (Lipinski definition) is 2. The molecule has 18 heavy (non-hydrogen) atoms. The topological polar surface area (TPSA) is 29.9 Å². The molecule has 0 aliphatic heterocycles. The van der Waals surface area contributed by atoms with E-state index in [4.69, 9.17) is 0 Å². The van der Waals surface area contributed by atoms with Crippen LogP contribution in [-0.2, 0) is 13.5 Å². The Morgan fingerprint density at radius 2 is 1.89 bits per heavy atom. The highest BCUT2D eigenvalue weighted by molar-refractivity contribution is 5.45. The van der Waals surface area contributed by atoms with Crippen LogP contribution in [0, 0.1) is 17.5 Å². The van der Waals surface area contributed by atoms with E-state index in [0.29, 0.717) is 19.0 Å². The van der Waals surface area contributed by atoms with Crippen molar-refractivity contribution in [3.05, 3.63) is 47.8 Å². The molecule has 1 N–H and O–H groups in total. The van der Waals surface area contributed by atoms with Crippen LogP contribution in [-0.4, -0.2) is 16.1 Å². The number of rotatable bonds is 4. The number of hydrogen-bond donors (Lipinski definition) is 1. The Kier molecular flexibility index (Phi) is 3.55. The summed E-state index contributed by atoms with van der Waals surface area (Å²) in [7, 11) is 1.85. The van der Waals surface area contributed by atoms with E-state index in [1.54, 1.807) is 12.4 Å². The molecule has 0 fully saturated rings. The highest BCUT2D eigenvalue weighted by Crippen LogP contribution is 2.18. The highest BCUT2D eigenvalue weighted by atomic mass is 19.2. The minimum absolute atomic E-state index is 0.0527. The van der Waals surface area contributed by atoms with E-state index in [-0.39, 0.29) is 5.69 Å². The van der Waals surface area contributed by atoms with Crippen LogP contribution < -0.4 is 5.32 Å². The number of nitrogens with zero attached hydrogens (tertiary/aromatic N) is 2. The van der Waals surface area contributed by atoms with Gasteiger partial charge in [-0.05, 0) is 0 Å². The second kappa shape index (κ2) is 5.12. The Morgan fingerprint density at radius 3 is 2.56 bits per heavy atom. The van der Waals surface area contributed by atoms with Crippen LogP contribution in [0.15, 0.2) is 24.5 Å². The molecule has 0 spiro atoms. The summed E-state index contributed by atoms with van der Waals surface area (Å²) in [6, 6.07) is 1.33. The van der Waals surface area contributed by atoms with Gasteiger partial charge in [0.05, 0.1) is 5.69 Å². The fourth-order valence-corrected chi connectivity index (χ4v) is 1.60. The Balaban J connectivity index is 1.99. The molecule has 0 bridgehead atoms. The summed E-state index contributed by atoms with van der Waals surface area (Å²) in [5, 5.41) is 2.71. The third-order valence-electron chi connectivity index (χ3n) is 2.59. The number of halogens is 3. The molecule has 0 aliphatic rings. The van der Waals surface area contributed by atoms with Gasteiger partial charge in [0, 0.05) is 44.5 Å². The van der Waals surface area contributed by atoms with Gasteiger partial charge in [-0.25, -0.2) is 18.2 Å². The van der Waals surface area contributed by atoms with Gasteiger partial charge in [-0.1, -0.05) is 0 Å². The maximum absolute atomic E-state index is 13.3. The van der Waals surface area contributed by atoms with Crippen molar-refractivity contribution in [1.29, 1.82) is 0 Å². The van der Waals surface area contributed by atoms with Crippen LogP contribution in [0.3, 0.4) is 0 Å². The van der Waals surface area contributed by atoms with Crippen molar-refractivity contribution in [3.63, 3.8) is 0 Å². The van der Waals surface area contributed by atoms with Crippen LogP contribution in [0.5, 0.6) is 0 Å². The van der Waals surface area contributed by atoms with Crippen LogP contribution in [0.25, 0.3) is 0 Å². The summed E-state index contributed by atoms with van der Waals surface area (Å²) >= 11 is 0. The van der Waals surface area contributed by atoms with Crippen LogP contribution >= 0.6 is 0 Å². The van der Waals surface area contributed by atoms with Gasteiger partial charge in [0.15, 0.2) is 11.6 Å². The van der Waals surface area contributed by atoms with Crippen molar-refractivity contribution in [2.24, 2.45) is 7.05 Å². The molecule has 0 amide bonds. The maximum Gasteiger partial charge on any atom is 0.161 e. The quantitative estimate of drug-likeness (QED) is 0.851. The van der Waals surface area contributed by atoms with Crippen molar-refractivity contribution in [2.75, 3.05) is 11.9 Å². The minimum atomic E-state index is -1.19. The molecule has 3 nitrogen and oxygen atoms in total. The molecule has 1 aromatic heterocycles. The zero-order chi connectivity index (χ0) is 13.1. The van der Waals surface area contributed by atoms with E-state index < -0.39 is 17.5 Å². The fourth-order valence-electron chi connectivity index (χ4n) is 1.60. The lowest BCUT2D eigenvalue weighted by Crippen LogP contribution is -2.10. The first-order chi connectivity index (χ1) is 8.58. The minimum Gasteiger partial charge on any atom is -0.382 e. The molecule has 2 rings (SSSR count). The second-order valence-corrected chi connectivity index (χ2v) is 3.88. The summed E-state index contributed by atoms with van der Waals surface area (Å²) in [6.45, 7) is 0.382. The van der Waals surface area contributed by atoms with Crippen molar-refractivity contribution < 1.29 is 13.2 Å². The zero-order valence-electron chi connectivity index (χ0n) is 9.75. The van der Waals surface area contributed by atoms with E-state index in [2.05, 4.69) is 10.3 Å². The number of aromatic nitrogens is 2. The lowest BCUT2D eigenvalue weighted by atomic mass is 10.2.